The van der Waals surface area contributed by atoms with Crippen molar-refractivity contribution in [1.29, 1.82) is 0 Å². The first-order chi connectivity index (χ1) is 10.5. The number of ether oxygens (including phenoxy) is 1. The largest absolute Gasteiger partial charge is 0.491 e. The normalized spacial score (nSPS) is 15.6. The molecule has 1 rings (SSSR count). The fraction of sp³-hybridized carbons (Fsp3) is 0.500. The number of hydrogen-bond donors (Lipinski definition) is 1. The first-order valence-corrected chi connectivity index (χ1v) is 7.12. The Hall–Kier alpha value is -2.05. The number of esters is 1. The van der Waals surface area contributed by atoms with Gasteiger partial charge in [-0.2, -0.15) is 13.2 Å². The lowest BCUT2D eigenvalue weighted by Crippen LogP contribution is -2.28. The van der Waals surface area contributed by atoms with E-state index in [9.17, 15) is 27.9 Å². The molecule has 0 aromatic heterocycles. The Kier molecular flexibility index (Phi) is 5.80. The van der Waals surface area contributed by atoms with Crippen LogP contribution in [-0.4, -0.2) is 23.2 Å². The topological polar surface area (TPSA) is 63.6 Å². The van der Waals surface area contributed by atoms with E-state index in [1.165, 1.54) is 24.3 Å². The van der Waals surface area contributed by atoms with Gasteiger partial charge in [-0.15, -0.1) is 0 Å². The standard InChI is InChI=1S/C16H19F3O4/c1-4-15(3,13(20)21)9-10(2)11-5-7-12(8-6-11)23-14(22)16(17,18)19/h5-8,10H,4,9H2,1-3H3,(H,20,21). The minimum atomic E-state index is -5.05. The van der Waals surface area contributed by atoms with Crippen molar-refractivity contribution in [1.82, 2.24) is 0 Å². The minimum Gasteiger partial charge on any atom is -0.481 e. The van der Waals surface area contributed by atoms with Crippen molar-refractivity contribution in [2.45, 2.75) is 45.7 Å². The summed E-state index contributed by atoms with van der Waals surface area (Å²) in [5.41, 5.74) is -0.112. The summed E-state index contributed by atoms with van der Waals surface area (Å²) in [5.74, 6) is -3.48. The molecule has 23 heavy (non-hydrogen) atoms. The van der Waals surface area contributed by atoms with Gasteiger partial charge in [-0.1, -0.05) is 26.0 Å². The molecule has 1 N–H and O–H groups in total. The molecule has 1 aromatic carbocycles. The number of halogens is 3. The maximum Gasteiger partial charge on any atom is 0.491 e. The molecule has 0 radical (unpaired) electrons. The number of aliphatic carboxylic acids is 1. The predicted octanol–water partition coefficient (Wildman–Crippen LogP) is 4.15. The van der Waals surface area contributed by atoms with Gasteiger partial charge in [0.1, 0.15) is 5.75 Å². The maximum absolute atomic E-state index is 12.1. The molecule has 0 saturated carbocycles. The van der Waals surface area contributed by atoms with E-state index in [1.807, 2.05) is 6.92 Å². The van der Waals surface area contributed by atoms with Gasteiger partial charge in [0, 0.05) is 0 Å². The van der Waals surface area contributed by atoms with Crippen LogP contribution in [0.5, 0.6) is 5.75 Å². The van der Waals surface area contributed by atoms with Crippen molar-refractivity contribution >= 4 is 11.9 Å². The number of carboxylic acids is 1. The highest BCUT2D eigenvalue weighted by molar-refractivity contribution is 5.78. The maximum atomic E-state index is 12.1. The molecule has 0 aliphatic carbocycles. The molecule has 0 aliphatic heterocycles. The van der Waals surface area contributed by atoms with Crippen molar-refractivity contribution in [3.63, 3.8) is 0 Å². The van der Waals surface area contributed by atoms with Crippen LogP contribution in [0.4, 0.5) is 13.2 Å². The van der Waals surface area contributed by atoms with Gasteiger partial charge in [0.05, 0.1) is 5.41 Å². The summed E-state index contributed by atoms with van der Waals surface area (Å²) < 4.78 is 40.6. The van der Waals surface area contributed by atoms with Crippen LogP contribution in [0.2, 0.25) is 0 Å². The van der Waals surface area contributed by atoms with Crippen LogP contribution >= 0.6 is 0 Å². The van der Waals surface area contributed by atoms with Crippen molar-refractivity contribution in [2.24, 2.45) is 5.41 Å². The van der Waals surface area contributed by atoms with Gasteiger partial charge in [0.25, 0.3) is 0 Å². The quantitative estimate of drug-likeness (QED) is 0.628. The zero-order chi connectivity index (χ0) is 17.8. The highest BCUT2D eigenvalue weighted by Crippen LogP contribution is 2.35. The summed E-state index contributed by atoms with van der Waals surface area (Å²) in [6.45, 7) is 5.29. The zero-order valence-corrected chi connectivity index (χ0v) is 13.1. The summed E-state index contributed by atoms with van der Waals surface area (Å²) in [6.07, 6.45) is -4.19. The molecule has 0 spiro atoms. The number of carbonyl (C=O) groups excluding carboxylic acids is 1. The lowest BCUT2D eigenvalue weighted by atomic mass is 9.77. The van der Waals surface area contributed by atoms with E-state index in [1.54, 1.807) is 13.8 Å². The number of rotatable bonds is 6. The van der Waals surface area contributed by atoms with Crippen molar-refractivity contribution in [3.05, 3.63) is 29.8 Å². The van der Waals surface area contributed by atoms with Crippen LogP contribution in [0, 0.1) is 5.41 Å². The molecule has 4 nitrogen and oxygen atoms in total. The van der Waals surface area contributed by atoms with Crippen molar-refractivity contribution in [2.75, 3.05) is 0 Å². The number of carboxylic acid groups (broad SMARTS) is 1. The van der Waals surface area contributed by atoms with Crippen molar-refractivity contribution < 1.29 is 32.6 Å². The summed E-state index contributed by atoms with van der Waals surface area (Å²) >= 11 is 0. The summed E-state index contributed by atoms with van der Waals surface area (Å²) in [7, 11) is 0. The predicted molar refractivity (Wildman–Crippen MR) is 77.2 cm³/mol. The van der Waals surface area contributed by atoms with Crippen molar-refractivity contribution in [3.8, 4) is 5.75 Å². The van der Waals surface area contributed by atoms with E-state index in [-0.39, 0.29) is 11.7 Å². The van der Waals surface area contributed by atoms with Crippen LogP contribution in [0.1, 0.15) is 45.1 Å². The molecule has 0 fully saturated rings. The first-order valence-electron chi connectivity index (χ1n) is 7.12. The molecule has 128 valence electrons. The van der Waals surface area contributed by atoms with Crippen LogP contribution in [-0.2, 0) is 9.59 Å². The molecule has 7 heteroatoms. The molecule has 2 unspecified atom stereocenters. The fourth-order valence-corrected chi connectivity index (χ4v) is 2.21. The number of hydrogen-bond acceptors (Lipinski definition) is 3. The summed E-state index contributed by atoms with van der Waals surface area (Å²) in [5, 5.41) is 9.28. The molecule has 0 heterocycles. The Morgan fingerprint density at radius 1 is 1.22 bits per heavy atom. The first kappa shape index (κ1) is 19.0. The van der Waals surface area contributed by atoms with Gasteiger partial charge < -0.3 is 9.84 Å². The Bertz CT molecular complexity index is 566. The summed E-state index contributed by atoms with van der Waals surface area (Å²) in [6, 6.07) is 5.59. The molecular weight excluding hydrogens is 313 g/mol. The van der Waals surface area contributed by atoms with Gasteiger partial charge in [-0.25, -0.2) is 4.79 Å². The second kappa shape index (κ2) is 7.02. The SMILES string of the molecule is CCC(C)(CC(C)c1ccc(OC(=O)C(F)(F)F)cc1)C(=O)O. The third-order valence-corrected chi connectivity index (χ3v) is 3.94. The fourth-order valence-electron chi connectivity index (χ4n) is 2.21. The van der Waals surface area contributed by atoms with Crippen LogP contribution in [0.3, 0.4) is 0 Å². The molecule has 0 bridgehead atoms. The van der Waals surface area contributed by atoms with Crippen LogP contribution in [0.15, 0.2) is 24.3 Å². The molecule has 0 saturated heterocycles. The van der Waals surface area contributed by atoms with E-state index in [2.05, 4.69) is 4.74 Å². The zero-order valence-electron chi connectivity index (χ0n) is 13.1. The van der Waals surface area contributed by atoms with Crippen LogP contribution < -0.4 is 4.74 Å². The third kappa shape index (κ3) is 4.97. The second-order valence-corrected chi connectivity index (χ2v) is 5.78. The van der Waals surface area contributed by atoms with E-state index in [0.29, 0.717) is 12.8 Å². The molecular formula is C16H19F3O4. The monoisotopic (exact) mass is 332 g/mol. The number of alkyl halides is 3. The lowest BCUT2D eigenvalue weighted by molar-refractivity contribution is -0.189. The molecule has 2 atom stereocenters. The number of carbonyl (C=O) groups is 2. The Balaban J connectivity index is 2.80. The average molecular weight is 332 g/mol. The van der Waals surface area contributed by atoms with Crippen LogP contribution in [0.25, 0.3) is 0 Å². The minimum absolute atomic E-state index is 0.108. The molecule has 0 amide bonds. The Morgan fingerprint density at radius 2 is 1.74 bits per heavy atom. The Labute approximate surface area is 132 Å². The van der Waals surface area contributed by atoms with E-state index in [0.717, 1.165) is 5.56 Å². The highest BCUT2D eigenvalue weighted by Gasteiger charge is 2.41. The second-order valence-electron chi connectivity index (χ2n) is 5.78. The molecule has 1 aromatic rings. The Morgan fingerprint density at radius 3 is 2.13 bits per heavy atom. The highest BCUT2D eigenvalue weighted by atomic mass is 19.4. The van der Waals surface area contributed by atoms with Gasteiger partial charge in [0.2, 0.25) is 0 Å². The van der Waals surface area contributed by atoms with E-state index in [4.69, 9.17) is 0 Å². The van der Waals surface area contributed by atoms with Gasteiger partial charge in [-0.05, 0) is 43.4 Å². The smallest absolute Gasteiger partial charge is 0.481 e. The van der Waals surface area contributed by atoms with E-state index < -0.39 is 23.5 Å². The lowest BCUT2D eigenvalue weighted by Gasteiger charge is -2.26. The average Bonchev–Trinajstić information content (AvgIpc) is 2.46. The van der Waals surface area contributed by atoms with Gasteiger partial charge in [-0.3, -0.25) is 4.79 Å². The summed E-state index contributed by atoms with van der Waals surface area (Å²) in [4.78, 5) is 22.1. The third-order valence-electron chi connectivity index (χ3n) is 3.94. The van der Waals surface area contributed by atoms with Gasteiger partial charge in [0.15, 0.2) is 0 Å². The van der Waals surface area contributed by atoms with E-state index >= 15 is 0 Å². The van der Waals surface area contributed by atoms with Gasteiger partial charge >= 0.3 is 18.1 Å². The molecule has 0 aliphatic rings. The number of benzene rings is 1.